The number of carbonyl (C=O) groups is 2. The topological polar surface area (TPSA) is 77.4 Å². The SMILES string of the molecule is C=CCOc1c(OC)cc(C=NN2C(=O)C3C4C=CC(C4)C3C2=O)cc1OC. The maximum absolute atomic E-state index is 12.7. The van der Waals surface area contributed by atoms with E-state index >= 15 is 0 Å². The molecule has 1 aliphatic heterocycles. The lowest BCUT2D eigenvalue weighted by Gasteiger charge is -2.15. The number of rotatable bonds is 7. The monoisotopic (exact) mass is 382 g/mol. The molecule has 2 fully saturated rings. The molecule has 7 nitrogen and oxygen atoms in total. The van der Waals surface area contributed by atoms with Gasteiger partial charge in [0.25, 0.3) is 11.8 Å². The van der Waals surface area contributed by atoms with Gasteiger partial charge < -0.3 is 14.2 Å². The van der Waals surface area contributed by atoms with E-state index in [0.29, 0.717) is 29.4 Å². The molecule has 4 atom stereocenters. The van der Waals surface area contributed by atoms with Gasteiger partial charge in [-0.2, -0.15) is 10.1 Å². The van der Waals surface area contributed by atoms with Crippen molar-refractivity contribution in [3.63, 3.8) is 0 Å². The number of nitrogens with zero attached hydrogens (tertiary/aromatic N) is 2. The van der Waals surface area contributed by atoms with Crippen molar-refractivity contribution in [1.82, 2.24) is 5.01 Å². The molecule has 0 spiro atoms. The van der Waals surface area contributed by atoms with Crippen LogP contribution in [0.1, 0.15) is 12.0 Å². The Bertz CT molecular complexity index is 836. The fraction of sp³-hybridized carbons (Fsp3) is 0.381. The van der Waals surface area contributed by atoms with E-state index in [-0.39, 0.29) is 35.5 Å². The lowest BCUT2D eigenvalue weighted by atomic mass is 9.85. The Morgan fingerprint density at radius 2 is 1.68 bits per heavy atom. The quantitative estimate of drug-likeness (QED) is 0.411. The lowest BCUT2D eigenvalue weighted by molar-refractivity contribution is -0.140. The molecular weight excluding hydrogens is 360 g/mol. The highest BCUT2D eigenvalue weighted by Gasteiger charge is 2.59. The number of amides is 2. The van der Waals surface area contributed by atoms with Gasteiger partial charge in [0.05, 0.1) is 32.3 Å². The third-order valence-corrected chi connectivity index (χ3v) is 5.60. The van der Waals surface area contributed by atoms with Crippen molar-refractivity contribution in [1.29, 1.82) is 0 Å². The number of ether oxygens (including phenoxy) is 3. The summed E-state index contributed by atoms with van der Waals surface area (Å²) in [7, 11) is 3.04. The summed E-state index contributed by atoms with van der Waals surface area (Å²) in [6.45, 7) is 3.93. The Kier molecular flexibility index (Phi) is 4.66. The summed E-state index contributed by atoms with van der Waals surface area (Å²) in [4.78, 5) is 25.4. The van der Waals surface area contributed by atoms with E-state index in [1.165, 1.54) is 20.4 Å². The molecule has 28 heavy (non-hydrogen) atoms. The molecular formula is C21H22N2O5. The second-order valence-electron chi connectivity index (χ2n) is 7.09. The first-order valence-electron chi connectivity index (χ1n) is 9.18. The number of imide groups is 1. The van der Waals surface area contributed by atoms with Crippen LogP contribution in [0.4, 0.5) is 0 Å². The molecule has 2 aliphatic carbocycles. The highest BCUT2D eigenvalue weighted by atomic mass is 16.5. The minimum absolute atomic E-state index is 0.160. The number of hydrogen-bond donors (Lipinski definition) is 0. The molecule has 0 N–H and O–H groups in total. The zero-order valence-corrected chi connectivity index (χ0v) is 15.8. The van der Waals surface area contributed by atoms with Crippen LogP contribution < -0.4 is 14.2 Å². The lowest BCUT2D eigenvalue weighted by Crippen LogP contribution is -2.28. The summed E-state index contributed by atoms with van der Waals surface area (Å²) in [5.74, 6) is 0.730. The molecule has 1 aromatic rings. The van der Waals surface area contributed by atoms with Gasteiger partial charge in [-0.1, -0.05) is 24.8 Å². The molecule has 4 unspecified atom stereocenters. The molecule has 3 aliphatic rings. The largest absolute Gasteiger partial charge is 0.493 e. The van der Waals surface area contributed by atoms with E-state index in [1.54, 1.807) is 18.2 Å². The molecule has 2 bridgehead atoms. The van der Waals surface area contributed by atoms with Gasteiger partial charge in [-0.05, 0) is 30.4 Å². The summed E-state index contributed by atoms with van der Waals surface area (Å²) >= 11 is 0. The summed E-state index contributed by atoms with van der Waals surface area (Å²) in [6, 6.07) is 3.42. The van der Waals surface area contributed by atoms with Crippen LogP contribution in [-0.4, -0.2) is 43.9 Å². The van der Waals surface area contributed by atoms with Crippen LogP contribution in [0.2, 0.25) is 0 Å². The zero-order valence-electron chi connectivity index (χ0n) is 15.8. The van der Waals surface area contributed by atoms with Crippen LogP contribution in [0.5, 0.6) is 17.2 Å². The second-order valence-corrected chi connectivity index (χ2v) is 7.09. The molecule has 146 valence electrons. The number of carbonyl (C=O) groups excluding carboxylic acids is 2. The first-order chi connectivity index (χ1) is 13.6. The van der Waals surface area contributed by atoms with Crippen LogP contribution in [-0.2, 0) is 9.59 Å². The van der Waals surface area contributed by atoms with Gasteiger partial charge in [0.2, 0.25) is 5.75 Å². The molecule has 2 amide bonds. The fourth-order valence-corrected chi connectivity index (χ4v) is 4.38. The number of allylic oxidation sites excluding steroid dienone is 2. The van der Waals surface area contributed by atoms with Gasteiger partial charge in [0.15, 0.2) is 11.5 Å². The standard InChI is InChI=1S/C21H22N2O5/c1-4-7-28-19-15(26-2)8-12(9-16(19)27-3)11-22-23-20(24)17-13-5-6-14(10-13)18(17)21(23)25/h4-6,8-9,11,13-14,17-18H,1,7,10H2,2-3H3. The van der Waals surface area contributed by atoms with Crippen molar-refractivity contribution in [3.8, 4) is 17.2 Å². The van der Waals surface area contributed by atoms with E-state index in [9.17, 15) is 9.59 Å². The first kappa shape index (κ1) is 18.3. The van der Waals surface area contributed by atoms with Gasteiger partial charge in [-0.3, -0.25) is 9.59 Å². The van der Waals surface area contributed by atoms with Crippen molar-refractivity contribution in [2.45, 2.75) is 6.42 Å². The van der Waals surface area contributed by atoms with Gasteiger partial charge in [0.1, 0.15) is 6.61 Å². The van der Waals surface area contributed by atoms with Crippen LogP contribution >= 0.6 is 0 Å². The Hall–Kier alpha value is -3.09. The maximum Gasteiger partial charge on any atom is 0.254 e. The molecule has 4 rings (SSSR count). The number of methoxy groups -OCH3 is 2. The van der Waals surface area contributed by atoms with Crippen molar-refractivity contribution < 1.29 is 23.8 Å². The van der Waals surface area contributed by atoms with Crippen molar-refractivity contribution in [2.75, 3.05) is 20.8 Å². The number of hydrazone groups is 1. The van der Waals surface area contributed by atoms with Gasteiger partial charge in [0, 0.05) is 5.56 Å². The number of hydrogen-bond acceptors (Lipinski definition) is 6. The molecule has 0 radical (unpaired) electrons. The van der Waals surface area contributed by atoms with Gasteiger partial charge in [-0.15, -0.1) is 0 Å². The van der Waals surface area contributed by atoms with Crippen LogP contribution in [0.15, 0.2) is 42.0 Å². The first-order valence-corrected chi connectivity index (χ1v) is 9.18. The van der Waals surface area contributed by atoms with E-state index in [1.807, 2.05) is 0 Å². The summed E-state index contributed by atoms with van der Waals surface area (Å²) in [5, 5.41) is 5.21. The predicted molar refractivity (Wildman–Crippen MR) is 102 cm³/mol. The van der Waals surface area contributed by atoms with Gasteiger partial charge in [-0.25, -0.2) is 0 Å². The summed E-state index contributed by atoms with van der Waals surface area (Å²) in [5.41, 5.74) is 0.624. The van der Waals surface area contributed by atoms with Crippen molar-refractivity contribution >= 4 is 18.0 Å². The Labute approximate surface area is 163 Å². The highest BCUT2D eigenvalue weighted by Crippen LogP contribution is 2.52. The highest BCUT2D eigenvalue weighted by molar-refractivity contribution is 6.06. The summed E-state index contributed by atoms with van der Waals surface area (Å²) < 4.78 is 16.4. The zero-order chi connectivity index (χ0) is 19.8. The van der Waals surface area contributed by atoms with Crippen molar-refractivity contribution in [2.24, 2.45) is 28.8 Å². The van der Waals surface area contributed by atoms with Gasteiger partial charge >= 0.3 is 0 Å². The fourth-order valence-electron chi connectivity index (χ4n) is 4.38. The number of fused-ring (bicyclic) bond motifs is 5. The van der Waals surface area contributed by atoms with Crippen LogP contribution in [0, 0.1) is 23.7 Å². The summed E-state index contributed by atoms with van der Waals surface area (Å²) in [6.07, 6.45) is 8.10. The second kappa shape index (κ2) is 7.14. The number of benzene rings is 1. The molecule has 1 aromatic carbocycles. The molecule has 1 saturated carbocycles. The Morgan fingerprint density at radius 1 is 1.11 bits per heavy atom. The Balaban J connectivity index is 1.59. The molecule has 1 saturated heterocycles. The average Bonchev–Trinajstić information content (AvgIpc) is 3.39. The average molecular weight is 382 g/mol. The molecule has 1 heterocycles. The van der Waals surface area contributed by atoms with Crippen molar-refractivity contribution in [3.05, 3.63) is 42.5 Å². The third-order valence-electron chi connectivity index (χ3n) is 5.60. The minimum Gasteiger partial charge on any atom is -0.493 e. The van der Waals surface area contributed by atoms with E-state index in [0.717, 1.165) is 11.4 Å². The predicted octanol–water partition coefficient (Wildman–Crippen LogP) is 2.41. The third kappa shape index (κ3) is 2.78. The normalized spacial score (nSPS) is 27.6. The maximum atomic E-state index is 12.7. The van der Waals surface area contributed by atoms with E-state index < -0.39 is 0 Å². The molecule has 0 aromatic heterocycles. The smallest absolute Gasteiger partial charge is 0.254 e. The Morgan fingerprint density at radius 3 is 2.18 bits per heavy atom. The molecule has 7 heteroatoms. The van der Waals surface area contributed by atoms with E-state index in [4.69, 9.17) is 14.2 Å². The van der Waals surface area contributed by atoms with E-state index in [2.05, 4.69) is 23.8 Å². The minimum atomic E-state index is -0.265. The van der Waals surface area contributed by atoms with Crippen LogP contribution in [0.25, 0.3) is 0 Å². The van der Waals surface area contributed by atoms with Crippen LogP contribution in [0.3, 0.4) is 0 Å².